The van der Waals surface area contributed by atoms with Gasteiger partial charge in [0, 0.05) is 52.2 Å². The van der Waals surface area contributed by atoms with Crippen LogP contribution in [0.3, 0.4) is 0 Å². The molecular formula is C30H35IN2O8S3. The predicted molar refractivity (Wildman–Crippen MR) is 168 cm³/mol. The lowest BCUT2D eigenvalue weighted by Crippen LogP contribution is -3.00. The molecule has 2 heterocycles. The van der Waals surface area contributed by atoms with Crippen LogP contribution in [0.5, 0.6) is 0 Å². The average Bonchev–Trinajstić information content (AvgIpc) is 3.21. The molecule has 2 aromatic carbocycles. The fourth-order valence-electron chi connectivity index (χ4n) is 5.68. The summed E-state index contributed by atoms with van der Waals surface area (Å²) in [5.41, 5.74) is 3.64. The number of hydrogen-bond donors (Lipinski definition) is 3. The highest BCUT2D eigenvalue weighted by atomic mass is 127. The van der Waals surface area contributed by atoms with Gasteiger partial charge in [-0.25, -0.2) is 0 Å². The zero-order chi connectivity index (χ0) is 32.1. The van der Waals surface area contributed by atoms with E-state index < -0.39 is 37.0 Å². The molecule has 0 bridgehead atoms. The summed E-state index contributed by atoms with van der Waals surface area (Å²) in [6.07, 6.45) is 7.58. The van der Waals surface area contributed by atoms with Crippen molar-refractivity contribution >= 4 is 55.1 Å². The van der Waals surface area contributed by atoms with E-state index in [0.29, 0.717) is 5.75 Å². The maximum atomic E-state index is 11.8. The van der Waals surface area contributed by atoms with Gasteiger partial charge >= 0.3 is 5.97 Å². The third kappa shape index (κ3) is 6.99. The Kier molecular flexibility index (Phi) is 10.4. The second kappa shape index (κ2) is 12.7. The Bertz CT molecular complexity index is 1860. The zero-order valence-corrected chi connectivity index (χ0v) is 29.7. The Balaban J connectivity index is 0.00000529. The van der Waals surface area contributed by atoms with E-state index in [0.717, 1.165) is 38.8 Å². The van der Waals surface area contributed by atoms with Crippen LogP contribution in [0, 0.1) is 0 Å². The molecule has 0 aliphatic carbocycles. The fraction of sp³-hybridized carbons (Fsp3) is 0.333. The van der Waals surface area contributed by atoms with Gasteiger partial charge in [0.2, 0.25) is 5.69 Å². The first-order valence-electron chi connectivity index (χ1n) is 13.3. The maximum Gasteiger partial charge on any atom is 0.304 e. The van der Waals surface area contributed by atoms with E-state index in [4.69, 9.17) is 0 Å². The number of likely N-dealkylation sites (N-methyl/N-ethyl adjacent to an activating group) is 1. The Morgan fingerprint density at radius 3 is 2.09 bits per heavy atom. The van der Waals surface area contributed by atoms with Crippen LogP contribution in [-0.4, -0.2) is 67.2 Å². The number of anilines is 1. The van der Waals surface area contributed by atoms with Crippen LogP contribution in [0.1, 0.15) is 45.2 Å². The molecule has 44 heavy (non-hydrogen) atoms. The van der Waals surface area contributed by atoms with Crippen molar-refractivity contribution < 1.29 is 64.4 Å². The van der Waals surface area contributed by atoms with Gasteiger partial charge in [-0.2, -0.15) is 21.4 Å². The van der Waals surface area contributed by atoms with Gasteiger partial charge in [0.15, 0.2) is 5.71 Å². The molecule has 0 atom stereocenters. The Hall–Kier alpha value is -2.50. The number of thioether (sulfide) groups is 1. The van der Waals surface area contributed by atoms with Crippen molar-refractivity contribution in [3.63, 3.8) is 0 Å². The van der Waals surface area contributed by atoms with E-state index in [1.54, 1.807) is 12.1 Å². The van der Waals surface area contributed by atoms with Crippen molar-refractivity contribution in [3.8, 4) is 0 Å². The lowest BCUT2D eigenvalue weighted by atomic mass is 9.81. The molecule has 238 valence electrons. The highest BCUT2D eigenvalue weighted by Crippen LogP contribution is 2.48. The summed E-state index contributed by atoms with van der Waals surface area (Å²) >= 11 is 1.37. The summed E-state index contributed by atoms with van der Waals surface area (Å²) < 4.78 is 68.2. The Morgan fingerprint density at radius 1 is 0.955 bits per heavy atom. The van der Waals surface area contributed by atoms with Gasteiger partial charge in [-0.3, -0.25) is 13.9 Å². The molecule has 14 heteroatoms. The van der Waals surface area contributed by atoms with Crippen LogP contribution in [0.25, 0.3) is 0 Å². The summed E-state index contributed by atoms with van der Waals surface area (Å²) in [6.45, 7) is 7.83. The van der Waals surface area contributed by atoms with Gasteiger partial charge in [0.05, 0.1) is 21.6 Å². The normalized spacial score (nSPS) is 18.5. The number of aliphatic carboxylic acids is 1. The third-order valence-electron chi connectivity index (χ3n) is 8.00. The number of hydrogen-bond acceptors (Lipinski definition) is 7. The molecule has 0 saturated carbocycles. The van der Waals surface area contributed by atoms with E-state index in [2.05, 4.69) is 0 Å². The number of carboxylic acid groups (broad SMARTS) is 1. The summed E-state index contributed by atoms with van der Waals surface area (Å²) in [7, 11) is -5.00. The second-order valence-corrected chi connectivity index (χ2v) is 15.5. The molecule has 4 rings (SSSR count). The molecule has 0 amide bonds. The summed E-state index contributed by atoms with van der Waals surface area (Å²) in [5, 5.41) is 9.20. The summed E-state index contributed by atoms with van der Waals surface area (Å²) in [5.74, 6) is -0.578. The number of fused-ring (bicyclic) bond motifs is 2. The first-order chi connectivity index (χ1) is 19.8. The molecule has 0 saturated heterocycles. The van der Waals surface area contributed by atoms with Gasteiger partial charge in [-0.05, 0) is 68.0 Å². The number of rotatable bonds is 9. The SMILES string of the molecule is CN1\C(=C/C=C(/C=C/C2=[N+](C)c3ccc(S(=O)(=O)O)cc3C2(C)C)SCCC(=O)O)C(C)(C)c2cc(S(=O)(=O)O)ccc21.[I-]. The minimum absolute atomic E-state index is 0. The minimum atomic E-state index is -4.37. The van der Waals surface area contributed by atoms with Gasteiger partial charge in [0.25, 0.3) is 20.2 Å². The summed E-state index contributed by atoms with van der Waals surface area (Å²) in [4.78, 5) is 13.6. The topological polar surface area (TPSA) is 152 Å². The third-order valence-corrected chi connectivity index (χ3v) is 10.7. The number of nitrogens with zero attached hydrogens (tertiary/aromatic N) is 2. The number of carbonyl (C=O) groups is 1. The molecule has 0 spiro atoms. The minimum Gasteiger partial charge on any atom is -1.00 e. The van der Waals surface area contributed by atoms with E-state index in [1.165, 1.54) is 36.0 Å². The molecular weight excluding hydrogens is 739 g/mol. The van der Waals surface area contributed by atoms with Gasteiger partial charge in [-0.15, -0.1) is 11.8 Å². The van der Waals surface area contributed by atoms with Crippen LogP contribution >= 0.6 is 11.8 Å². The number of carboxylic acids is 1. The molecule has 10 nitrogen and oxygen atoms in total. The molecule has 3 N–H and O–H groups in total. The smallest absolute Gasteiger partial charge is 0.304 e. The first kappa shape index (κ1) is 36.0. The molecule has 2 aromatic rings. The maximum absolute atomic E-state index is 11.8. The monoisotopic (exact) mass is 774 g/mol. The standard InChI is InChI=1S/C30H34N2O8S3.HI/c1-29(2)22-17-20(42(35,36)37)9-11-24(22)31(5)26(29)13-7-19(41-16-15-28(33)34)8-14-27-30(3,4)23-18-21(43(38,39)40)10-12-25(23)32(27)6;/h7-14,17-18H,15-16H2,1-6H3,(H2-,33,34,35,36,37,38,39,40);1H. The molecule has 0 radical (unpaired) electrons. The quantitative estimate of drug-likeness (QED) is 0.150. The van der Waals surface area contributed by atoms with Gasteiger partial charge in [-0.1, -0.05) is 13.8 Å². The lowest BCUT2D eigenvalue weighted by Gasteiger charge is -2.24. The van der Waals surface area contributed by atoms with Crippen LogP contribution in [0.2, 0.25) is 0 Å². The Morgan fingerprint density at radius 2 is 1.52 bits per heavy atom. The molecule has 2 aliphatic rings. The van der Waals surface area contributed by atoms with Crippen molar-refractivity contribution in [1.82, 2.24) is 0 Å². The number of benzene rings is 2. The average molecular weight is 775 g/mol. The highest BCUT2D eigenvalue weighted by Gasteiger charge is 2.43. The Labute approximate surface area is 279 Å². The van der Waals surface area contributed by atoms with E-state index in [1.807, 2.05) is 75.6 Å². The molecule has 0 fully saturated rings. The van der Waals surface area contributed by atoms with E-state index in [9.17, 15) is 35.8 Å². The number of halogens is 1. The predicted octanol–water partition coefficient (Wildman–Crippen LogP) is 2.15. The van der Waals surface area contributed by atoms with Crippen molar-refractivity contribution in [2.45, 2.75) is 54.7 Å². The molecule has 2 aliphatic heterocycles. The first-order valence-corrected chi connectivity index (χ1v) is 17.2. The van der Waals surface area contributed by atoms with Gasteiger partial charge < -0.3 is 34.0 Å². The highest BCUT2D eigenvalue weighted by molar-refractivity contribution is 8.03. The number of allylic oxidation sites excluding steroid dienone is 5. The van der Waals surface area contributed by atoms with E-state index in [-0.39, 0.29) is 40.2 Å². The van der Waals surface area contributed by atoms with Crippen molar-refractivity contribution in [2.75, 3.05) is 24.7 Å². The molecule has 0 aromatic heterocycles. The lowest BCUT2D eigenvalue weighted by molar-refractivity contribution is -0.401. The van der Waals surface area contributed by atoms with Crippen molar-refractivity contribution in [3.05, 3.63) is 82.4 Å². The summed E-state index contributed by atoms with van der Waals surface area (Å²) in [6, 6.07) is 9.01. The van der Waals surface area contributed by atoms with Crippen LogP contribution < -0.4 is 28.9 Å². The van der Waals surface area contributed by atoms with Crippen LogP contribution in [-0.2, 0) is 35.9 Å². The van der Waals surface area contributed by atoms with E-state index >= 15 is 0 Å². The van der Waals surface area contributed by atoms with Crippen molar-refractivity contribution in [1.29, 1.82) is 0 Å². The largest absolute Gasteiger partial charge is 1.00 e. The van der Waals surface area contributed by atoms with Crippen molar-refractivity contribution in [2.24, 2.45) is 0 Å². The zero-order valence-electron chi connectivity index (χ0n) is 25.1. The van der Waals surface area contributed by atoms with Crippen LogP contribution in [0.4, 0.5) is 11.4 Å². The molecule has 0 unspecified atom stereocenters. The fourth-order valence-corrected chi connectivity index (χ4v) is 7.54. The van der Waals surface area contributed by atoms with Crippen LogP contribution in [0.15, 0.2) is 81.1 Å². The second-order valence-electron chi connectivity index (χ2n) is 11.5. The van der Waals surface area contributed by atoms with Gasteiger partial charge in [0.1, 0.15) is 7.05 Å².